The van der Waals surface area contributed by atoms with Gasteiger partial charge in [-0.3, -0.25) is 4.90 Å². The predicted octanol–water partition coefficient (Wildman–Crippen LogP) is 4.36. The van der Waals surface area contributed by atoms with Crippen molar-refractivity contribution in [3.8, 4) is 0 Å². The van der Waals surface area contributed by atoms with Gasteiger partial charge in [-0.05, 0) is 36.6 Å². The first-order valence-electron chi connectivity index (χ1n) is 8.71. The fraction of sp³-hybridized carbons (Fsp3) is 0.300. The fourth-order valence-corrected chi connectivity index (χ4v) is 3.58. The summed E-state index contributed by atoms with van der Waals surface area (Å²) in [5.41, 5.74) is 2.26. The number of nitrogens with zero attached hydrogens (tertiary/aromatic N) is 3. The van der Waals surface area contributed by atoms with E-state index in [4.69, 9.17) is 11.6 Å². The maximum Gasteiger partial charge on any atom is 0.137 e. The van der Waals surface area contributed by atoms with Crippen molar-refractivity contribution in [1.82, 2.24) is 14.9 Å². The standard InChI is InChI=1S/C20H21ClN4/c21-16-6-7-18-19(12-16)22-14-23-20(18)24-17-8-10-25(11-9-17)13-15-4-2-1-3-5-15/h1-7,12,14,17H,8-11,13H2,(H,22,23,24). The van der Waals surface area contributed by atoms with Crippen LogP contribution >= 0.6 is 11.6 Å². The number of likely N-dealkylation sites (tertiary alicyclic amines) is 1. The maximum absolute atomic E-state index is 6.06. The highest BCUT2D eigenvalue weighted by molar-refractivity contribution is 6.31. The summed E-state index contributed by atoms with van der Waals surface area (Å²) in [5.74, 6) is 0.906. The smallest absolute Gasteiger partial charge is 0.137 e. The van der Waals surface area contributed by atoms with Crippen LogP contribution in [0, 0.1) is 0 Å². The lowest BCUT2D eigenvalue weighted by Gasteiger charge is -2.32. The number of anilines is 1. The Labute approximate surface area is 152 Å². The van der Waals surface area contributed by atoms with Crippen LogP contribution < -0.4 is 5.32 Å². The molecule has 5 heteroatoms. The number of piperidine rings is 1. The third kappa shape index (κ3) is 3.91. The van der Waals surface area contributed by atoms with E-state index in [-0.39, 0.29) is 0 Å². The average Bonchev–Trinajstić information content (AvgIpc) is 2.64. The summed E-state index contributed by atoms with van der Waals surface area (Å²) in [6, 6.07) is 16.9. The molecule has 1 saturated heterocycles. The van der Waals surface area contributed by atoms with Crippen molar-refractivity contribution in [3.05, 3.63) is 65.4 Å². The third-order valence-electron chi connectivity index (χ3n) is 4.78. The molecule has 0 atom stereocenters. The minimum atomic E-state index is 0.445. The molecule has 1 aliphatic rings. The van der Waals surface area contributed by atoms with E-state index in [1.54, 1.807) is 6.33 Å². The second kappa shape index (κ2) is 7.38. The molecule has 1 fully saturated rings. The van der Waals surface area contributed by atoms with E-state index in [0.29, 0.717) is 11.1 Å². The first-order valence-corrected chi connectivity index (χ1v) is 9.09. The van der Waals surface area contributed by atoms with Crippen molar-refractivity contribution in [2.75, 3.05) is 18.4 Å². The Balaban J connectivity index is 1.39. The molecule has 0 aliphatic carbocycles. The third-order valence-corrected chi connectivity index (χ3v) is 5.01. The number of benzene rings is 2. The van der Waals surface area contributed by atoms with Crippen LogP contribution in [0.15, 0.2) is 54.9 Å². The molecule has 4 nitrogen and oxygen atoms in total. The van der Waals surface area contributed by atoms with Gasteiger partial charge in [0.2, 0.25) is 0 Å². The lowest BCUT2D eigenvalue weighted by Crippen LogP contribution is -2.38. The first-order chi connectivity index (χ1) is 12.3. The summed E-state index contributed by atoms with van der Waals surface area (Å²) in [6.45, 7) is 3.23. The van der Waals surface area contributed by atoms with E-state index >= 15 is 0 Å². The van der Waals surface area contributed by atoms with Gasteiger partial charge in [0.15, 0.2) is 0 Å². The molecule has 1 N–H and O–H groups in total. The Bertz CT molecular complexity index is 845. The molecule has 3 aromatic rings. The first kappa shape index (κ1) is 16.3. The van der Waals surface area contributed by atoms with Crippen molar-refractivity contribution < 1.29 is 0 Å². The Morgan fingerprint density at radius 2 is 1.84 bits per heavy atom. The Kier molecular flexibility index (Phi) is 4.81. The van der Waals surface area contributed by atoms with Crippen LogP contribution in [0.1, 0.15) is 18.4 Å². The fourth-order valence-electron chi connectivity index (χ4n) is 3.42. The van der Waals surface area contributed by atoms with Gasteiger partial charge < -0.3 is 5.32 Å². The second-order valence-electron chi connectivity index (χ2n) is 6.56. The molecule has 0 amide bonds. The highest BCUT2D eigenvalue weighted by Crippen LogP contribution is 2.25. The number of halogens is 1. The summed E-state index contributed by atoms with van der Waals surface area (Å²) < 4.78 is 0. The molecular formula is C20H21ClN4. The molecule has 4 rings (SSSR count). The molecule has 25 heavy (non-hydrogen) atoms. The summed E-state index contributed by atoms with van der Waals surface area (Å²) in [7, 11) is 0. The van der Waals surface area contributed by atoms with Crippen LogP contribution in [0.25, 0.3) is 10.9 Å². The lowest BCUT2D eigenvalue weighted by molar-refractivity contribution is 0.211. The van der Waals surface area contributed by atoms with Crippen LogP contribution in [0.3, 0.4) is 0 Å². The number of hydrogen-bond acceptors (Lipinski definition) is 4. The van der Waals surface area contributed by atoms with Crippen LogP contribution in [0.5, 0.6) is 0 Å². The summed E-state index contributed by atoms with van der Waals surface area (Å²) >= 11 is 6.06. The molecule has 0 spiro atoms. The molecule has 1 aliphatic heterocycles. The highest BCUT2D eigenvalue weighted by Gasteiger charge is 2.20. The zero-order valence-corrected chi connectivity index (χ0v) is 14.8. The van der Waals surface area contributed by atoms with Gasteiger partial charge >= 0.3 is 0 Å². The van der Waals surface area contributed by atoms with Crippen LogP contribution in [-0.4, -0.2) is 34.0 Å². The van der Waals surface area contributed by atoms with Crippen molar-refractivity contribution in [3.63, 3.8) is 0 Å². The number of nitrogens with one attached hydrogen (secondary N) is 1. The van der Waals surface area contributed by atoms with Gasteiger partial charge in [0.05, 0.1) is 5.52 Å². The topological polar surface area (TPSA) is 41.0 Å². The zero-order valence-electron chi connectivity index (χ0n) is 14.0. The molecule has 2 heterocycles. The van der Waals surface area contributed by atoms with Crippen molar-refractivity contribution in [2.45, 2.75) is 25.4 Å². The molecule has 1 aromatic heterocycles. The van der Waals surface area contributed by atoms with Gasteiger partial charge in [-0.15, -0.1) is 0 Å². The van der Waals surface area contributed by atoms with E-state index in [1.165, 1.54) is 5.56 Å². The van der Waals surface area contributed by atoms with E-state index in [2.05, 4.69) is 50.5 Å². The zero-order chi connectivity index (χ0) is 17.1. The van der Waals surface area contributed by atoms with Crippen molar-refractivity contribution in [2.24, 2.45) is 0 Å². The summed E-state index contributed by atoms with van der Waals surface area (Å²) in [5, 5.41) is 5.33. The van der Waals surface area contributed by atoms with Crippen LogP contribution in [0.4, 0.5) is 5.82 Å². The van der Waals surface area contributed by atoms with Gasteiger partial charge in [0.25, 0.3) is 0 Å². The van der Waals surface area contributed by atoms with Crippen LogP contribution in [0.2, 0.25) is 5.02 Å². The van der Waals surface area contributed by atoms with Gasteiger partial charge in [0, 0.05) is 36.1 Å². The largest absolute Gasteiger partial charge is 0.367 e. The minimum absolute atomic E-state index is 0.445. The Hall–Kier alpha value is -2.17. The number of rotatable bonds is 4. The highest BCUT2D eigenvalue weighted by atomic mass is 35.5. The Morgan fingerprint density at radius 1 is 1.04 bits per heavy atom. The normalized spacial score (nSPS) is 16.2. The number of fused-ring (bicyclic) bond motifs is 1. The summed E-state index contributed by atoms with van der Waals surface area (Å²) in [4.78, 5) is 11.3. The van der Waals surface area contributed by atoms with Gasteiger partial charge in [-0.2, -0.15) is 0 Å². The van der Waals surface area contributed by atoms with Gasteiger partial charge in [0.1, 0.15) is 12.1 Å². The predicted molar refractivity (Wildman–Crippen MR) is 103 cm³/mol. The molecule has 0 saturated carbocycles. The SMILES string of the molecule is Clc1ccc2c(NC3CCN(Cc4ccccc4)CC3)ncnc2c1. The Morgan fingerprint density at radius 3 is 2.64 bits per heavy atom. The van der Waals surface area contributed by atoms with Crippen molar-refractivity contribution in [1.29, 1.82) is 0 Å². The molecule has 2 aromatic carbocycles. The lowest BCUT2D eigenvalue weighted by atomic mass is 10.0. The number of aromatic nitrogens is 2. The van der Waals surface area contributed by atoms with E-state index in [1.807, 2.05) is 18.2 Å². The maximum atomic E-state index is 6.06. The van der Waals surface area contributed by atoms with Gasteiger partial charge in [-0.1, -0.05) is 41.9 Å². The van der Waals surface area contributed by atoms with E-state index in [0.717, 1.165) is 49.2 Å². The van der Waals surface area contributed by atoms with E-state index < -0.39 is 0 Å². The van der Waals surface area contributed by atoms with Crippen LogP contribution in [-0.2, 0) is 6.54 Å². The minimum Gasteiger partial charge on any atom is -0.367 e. The molecule has 128 valence electrons. The summed E-state index contributed by atoms with van der Waals surface area (Å²) in [6.07, 6.45) is 3.84. The van der Waals surface area contributed by atoms with Gasteiger partial charge in [-0.25, -0.2) is 9.97 Å². The molecule has 0 unspecified atom stereocenters. The average molecular weight is 353 g/mol. The van der Waals surface area contributed by atoms with Crippen molar-refractivity contribution >= 4 is 28.3 Å². The number of hydrogen-bond donors (Lipinski definition) is 1. The molecular weight excluding hydrogens is 332 g/mol. The molecule has 0 bridgehead atoms. The quantitative estimate of drug-likeness (QED) is 0.757. The molecule has 0 radical (unpaired) electrons. The monoisotopic (exact) mass is 352 g/mol. The van der Waals surface area contributed by atoms with E-state index in [9.17, 15) is 0 Å². The second-order valence-corrected chi connectivity index (χ2v) is 7.00.